The molecule has 0 atom stereocenters. The van der Waals surface area contributed by atoms with Gasteiger partial charge >= 0.3 is 0 Å². The predicted octanol–water partition coefficient (Wildman–Crippen LogP) is 5.91. The molecule has 1 N–H and O–H groups in total. The molecule has 5 rings (SSSR count). The van der Waals surface area contributed by atoms with Gasteiger partial charge in [-0.1, -0.05) is 12.1 Å². The molecule has 2 aliphatic carbocycles. The number of methoxy groups -OCH3 is 1. The van der Waals surface area contributed by atoms with Crippen LogP contribution in [0, 0.1) is 6.92 Å². The van der Waals surface area contributed by atoms with Crippen molar-refractivity contribution in [2.45, 2.75) is 51.4 Å². The lowest BCUT2D eigenvalue weighted by molar-refractivity contribution is -0.119. The summed E-state index contributed by atoms with van der Waals surface area (Å²) in [4.78, 5) is 38.6. The molecule has 2 aromatic carbocycles. The number of benzene rings is 2. The Bertz CT molecular complexity index is 1320. The lowest BCUT2D eigenvalue weighted by atomic mass is 9.73. The van der Waals surface area contributed by atoms with E-state index >= 15 is 0 Å². The van der Waals surface area contributed by atoms with Crippen molar-refractivity contribution >= 4 is 39.1 Å². The summed E-state index contributed by atoms with van der Waals surface area (Å²) in [6, 6.07) is 11.1. The molecular formula is C29H28BrNO6. The highest BCUT2D eigenvalue weighted by Gasteiger charge is 2.42. The molecule has 0 bridgehead atoms. The fourth-order valence-corrected chi connectivity index (χ4v) is 5.83. The fraction of sp³-hybridized carbons (Fsp3) is 0.345. The van der Waals surface area contributed by atoms with E-state index in [1.54, 1.807) is 6.07 Å². The minimum Gasteiger partial charge on any atom is -0.493 e. The van der Waals surface area contributed by atoms with Gasteiger partial charge in [0.15, 0.2) is 29.7 Å². The number of aryl methyl sites for hydroxylation is 1. The topological polar surface area (TPSA) is 90.9 Å². The predicted molar refractivity (Wildman–Crippen MR) is 142 cm³/mol. The van der Waals surface area contributed by atoms with E-state index in [4.69, 9.17) is 14.2 Å². The number of carbonyl (C=O) groups excluding carboxylic acids is 3. The lowest BCUT2D eigenvalue weighted by Crippen LogP contribution is -2.30. The maximum Gasteiger partial charge on any atom is 0.262 e. The zero-order valence-electron chi connectivity index (χ0n) is 20.8. The van der Waals surface area contributed by atoms with Gasteiger partial charge in [-0.3, -0.25) is 14.4 Å². The molecule has 192 valence electrons. The summed E-state index contributed by atoms with van der Waals surface area (Å²) in [5.74, 6) is 1.33. The molecule has 0 fully saturated rings. The number of ketones is 2. The number of ether oxygens (including phenoxy) is 3. The van der Waals surface area contributed by atoms with Gasteiger partial charge in [0.25, 0.3) is 5.91 Å². The van der Waals surface area contributed by atoms with E-state index in [1.807, 2.05) is 37.3 Å². The summed E-state index contributed by atoms with van der Waals surface area (Å²) in [7, 11) is 1.52. The highest BCUT2D eigenvalue weighted by atomic mass is 79.9. The third kappa shape index (κ3) is 5.07. The first-order valence-electron chi connectivity index (χ1n) is 12.4. The second-order valence-corrected chi connectivity index (χ2v) is 10.4. The number of hydrogen-bond donors (Lipinski definition) is 1. The second-order valence-electron chi connectivity index (χ2n) is 9.50. The molecule has 0 aromatic heterocycles. The Hall–Kier alpha value is -3.39. The van der Waals surface area contributed by atoms with E-state index in [9.17, 15) is 14.4 Å². The van der Waals surface area contributed by atoms with E-state index in [2.05, 4.69) is 21.2 Å². The molecule has 0 radical (unpaired) electrons. The van der Waals surface area contributed by atoms with Gasteiger partial charge in [-0.15, -0.1) is 0 Å². The number of allylic oxidation sites excluding steroid dienone is 4. The molecule has 0 unspecified atom stereocenters. The lowest BCUT2D eigenvalue weighted by Gasteiger charge is -2.36. The van der Waals surface area contributed by atoms with Crippen molar-refractivity contribution in [2.75, 3.05) is 19.0 Å². The Balaban J connectivity index is 1.45. The largest absolute Gasteiger partial charge is 0.493 e. The monoisotopic (exact) mass is 565 g/mol. The Kier molecular flexibility index (Phi) is 7.20. The van der Waals surface area contributed by atoms with Crippen LogP contribution in [0.15, 0.2) is 63.5 Å². The van der Waals surface area contributed by atoms with E-state index in [1.165, 1.54) is 7.11 Å². The van der Waals surface area contributed by atoms with E-state index in [-0.39, 0.29) is 24.1 Å². The van der Waals surface area contributed by atoms with Crippen molar-refractivity contribution < 1.29 is 28.6 Å². The molecule has 1 aliphatic heterocycles. The normalized spacial score (nSPS) is 17.7. The standard InChI is InChI=1S/C29H28BrNO6/c1-16-6-3-7-18(12-16)31-25(34)15-36-29-19(30)13-17(14-24(29)35-2)26-27-20(32)8-4-10-22(27)37-23-11-5-9-21(33)28(23)26/h3,6-7,12-14,26H,4-5,8-11,15H2,1-2H3,(H,31,34). The molecule has 0 saturated heterocycles. The quantitative estimate of drug-likeness (QED) is 0.468. The van der Waals surface area contributed by atoms with Gasteiger partial charge in [0, 0.05) is 48.4 Å². The molecule has 37 heavy (non-hydrogen) atoms. The SMILES string of the molecule is COc1cc(C2C3=C(CCCC3=O)OC3=C2C(=O)CCC3)cc(Br)c1OCC(=O)Nc1cccc(C)c1. The van der Waals surface area contributed by atoms with Crippen LogP contribution in [0.5, 0.6) is 11.5 Å². The number of anilines is 1. The van der Waals surface area contributed by atoms with Crippen LogP contribution < -0.4 is 14.8 Å². The van der Waals surface area contributed by atoms with Crippen LogP contribution in [-0.2, 0) is 19.1 Å². The summed E-state index contributed by atoms with van der Waals surface area (Å²) in [6.07, 6.45) is 3.71. The summed E-state index contributed by atoms with van der Waals surface area (Å²) in [6.45, 7) is 1.73. The number of carbonyl (C=O) groups is 3. The Labute approximate surface area is 224 Å². The third-order valence-corrected chi connectivity index (χ3v) is 7.46. The third-order valence-electron chi connectivity index (χ3n) is 6.88. The van der Waals surface area contributed by atoms with Crippen molar-refractivity contribution in [2.24, 2.45) is 0 Å². The molecule has 2 aromatic rings. The van der Waals surface area contributed by atoms with Crippen LogP contribution in [0.1, 0.15) is 55.6 Å². The van der Waals surface area contributed by atoms with Crippen LogP contribution >= 0.6 is 15.9 Å². The van der Waals surface area contributed by atoms with Crippen molar-refractivity contribution in [1.82, 2.24) is 0 Å². The Morgan fingerprint density at radius 1 is 1.03 bits per heavy atom. The molecular weight excluding hydrogens is 538 g/mol. The van der Waals surface area contributed by atoms with E-state index < -0.39 is 5.92 Å². The molecule has 1 amide bonds. The van der Waals surface area contributed by atoms with Gasteiger partial charge < -0.3 is 19.5 Å². The molecule has 8 heteroatoms. The number of Topliss-reactive ketones (excluding diaryl/α,β-unsaturated/α-hetero) is 2. The smallest absolute Gasteiger partial charge is 0.262 e. The van der Waals surface area contributed by atoms with Crippen molar-refractivity contribution in [3.05, 3.63) is 74.7 Å². The summed E-state index contributed by atoms with van der Waals surface area (Å²) < 4.78 is 18.2. The van der Waals surface area contributed by atoms with Crippen LogP contribution in [0.25, 0.3) is 0 Å². The second kappa shape index (κ2) is 10.5. The number of rotatable bonds is 6. The maximum absolute atomic E-state index is 13.1. The zero-order valence-corrected chi connectivity index (χ0v) is 22.4. The van der Waals surface area contributed by atoms with Gasteiger partial charge in [-0.25, -0.2) is 0 Å². The summed E-state index contributed by atoms with van der Waals surface area (Å²) >= 11 is 3.57. The molecule has 1 heterocycles. The average Bonchev–Trinajstić information content (AvgIpc) is 2.86. The van der Waals surface area contributed by atoms with Crippen LogP contribution in [0.3, 0.4) is 0 Å². The molecule has 7 nitrogen and oxygen atoms in total. The van der Waals surface area contributed by atoms with Gasteiger partial charge in [-0.05, 0) is 71.1 Å². The number of nitrogens with one attached hydrogen (secondary N) is 1. The molecule has 3 aliphatic rings. The first-order chi connectivity index (χ1) is 17.9. The van der Waals surface area contributed by atoms with E-state index in [0.29, 0.717) is 70.0 Å². The van der Waals surface area contributed by atoms with Gasteiger partial charge in [0.2, 0.25) is 0 Å². The number of halogens is 1. The molecule has 0 saturated carbocycles. The Morgan fingerprint density at radius 3 is 2.32 bits per heavy atom. The highest BCUT2D eigenvalue weighted by Crippen LogP contribution is 2.50. The van der Waals surface area contributed by atoms with Gasteiger partial charge in [0.1, 0.15) is 11.5 Å². The fourth-order valence-electron chi connectivity index (χ4n) is 5.26. The minimum absolute atomic E-state index is 0.0133. The van der Waals surface area contributed by atoms with E-state index in [0.717, 1.165) is 24.0 Å². The van der Waals surface area contributed by atoms with Gasteiger partial charge in [-0.2, -0.15) is 0 Å². The van der Waals surface area contributed by atoms with Gasteiger partial charge in [0.05, 0.1) is 11.6 Å². The zero-order chi connectivity index (χ0) is 26.1. The number of hydrogen-bond acceptors (Lipinski definition) is 6. The average molecular weight is 566 g/mol. The number of amides is 1. The minimum atomic E-state index is -0.511. The van der Waals surface area contributed by atoms with Crippen molar-refractivity contribution in [3.63, 3.8) is 0 Å². The van der Waals surface area contributed by atoms with Crippen molar-refractivity contribution in [3.8, 4) is 11.5 Å². The maximum atomic E-state index is 13.1. The summed E-state index contributed by atoms with van der Waals surface area (Å²) in [5.41, 5.74) is 3.61. The first-order valence-corrected chi connectivity index (χ1v) is 13.2. The highest BCUT2D eigenvalue weighted by molar-refractivity contribution is 9.10. The van der Waals surface area contributed by atoms with Crippen LogP contribution in [0.4, 0.5) is 5.69 Å². The first kappa shape index (κ1) is 25.3. The van der Waals surface area contributed by atoms with Crippen molar-refractivity contribution in [1.29, 1.82) is 0 Å². The van der Waals surface area contributed by atoms with Crippen LogP contribution in [0.2, 0.25) is 0 Å². The summed E-state index contributed by atoms with van der Waals surface area (Å²) in [5, 5.41) is 2.82. The van der Waals surface area contributed by atoms with Crippen LogP contribution in [-0.4, -0.2) is 31.2 Å². The molecule has 0 spiro atoms. The Morgan fingerprint density at radius 2 is 1.70 bits per heavy atom.